The van der Waals surface area contributed by atoms with Crippen molar-refractivity contribution in [2.75, 3.05) is 0 Å². The third-order valence-corrected chi connectivity index (χ3v) is 4.06. The summed E-state index contributed by atoms with van der Waals surface area (Å²) in [4.78, 5) is 33.2. The molecule has 0 radical (unpaired) electrons. The Morgan fingerprint density at radius 2 is 1.62 bits per heavy atom. The fourth-order valence-electron chi connectivity index (χ4n) is 2.80. The lowest BCUT2D eigenvalue weighted by molar-refractivity contribution is -0.238. The van der Waals surface area contributed by atoms with Crippen LogP contribution >= 0.6 is 0 Å². The zero-order valence-corrected chi connectivity index (χ0v) is 15.4. The van der Waals surface area contributed by atoms with E-state index >= 15 is 0 Å². The number of aryl methyl sites for hydroxylation is 1. The van der Waals surface area contributed by atoms with Crippen LogP contribution in [0.4, 0.5) is 9.59 Å². The number of hydrogen-bond acceptors (Lipinski definition) is 9. The van der Waals surface area contributed by atoms with Gasteiger partial charge >= 0.3 is 18.2 Å². The Kier molecular flexibility index (Phi) is 7.20. The van der Waals surface area contributed by atoms with Crippen LogP contribution in [0.25, 0.3) is 0 Å². The molecule has 0 saturated carbocycles. The van der Waals surface area contributed by atoms with Crippen LogP contribution in [-0.4, -0.2) is 58.1 Å². The van der Waals surface area contributed by atoms with Crippen molar-refractivity contribution in [2.24, 2.45) is 11.5 Å². The number of aliphatic hydroxyl groups is 2. The molecule has 1 fully saturated rings. The molecular formula is C17H22N2O10. The molecule has 1 aromatic carbocycles. The van der Waals surface area contributed by atoms with E-state index in [0.29, 0.717) is 5.56 Å². The lowest BCUT2D eigenvalue weighted by atomic mass is 10.0. The minimum atomic E-state index is -1.57. The van der Waals surface area contributed by atoms with Crippen LogP contribution in [0.2, 0.25) is 0 Å². The van der Waals surface area contributed by atoms with Gasteiger partial charge in [0.05, 0.1) is 6.10 Å². The number of nitrogens with two attached hydrogens (primary N) is 2. The van der Waals surface area contributed by atoms with Crippen molar-refractivity contribution in [1.29, 1.82) is 0 Å². The molecule has 0 aliphatic carbocycles. The van der Waals surface area contributed by atoms with Crippen molar-refractivity contribution in [3.05, 3.63) is 28.8 Å². The normalized spacial score (nSPS) is 23.8. The first kappa shape index (κ1) is 22.2. The van der Waals surface area contributed by atoms with Crippen molar-refractivity contribution < 1.29 is 48.7 Å². The summed E-state index contributed by atoms with van der Waals surface area (Å²) in [6.45, 7) is 1.05. The number of aliphatic carboxylic acids is 1. The van der Waals surface area contributed by atoms with Crippen molar-refractivity contribution in [2.45, 2.75) is 51.2 Å². The first-order valence-corrected chi connectivity index (χ1v) is 8.46. The van der Waals surface area contributed by atoms with Crippen LogP contribution in [0, 0.1) is 6.92 Å². The minimum absolute atomic E-state index is 0.0135. The molecule has 1 saturated heterocycles. The highest BCUT2D eigenvalue weighted by Gasteiger charge is 2.41. The maximum absolute atomic E-state index is 11.2. The van der Waals surface area contributed by atoms with Crippen molar-refractivity contribution in [1.82, 2.24) is 0 Å². The van der Waals surface area contributed by atoms with Crippen LogP contribution in [-0.2, 0) is 32.2 Å². The lowest BCUT2D eigenvalue weighted by Crippen LogP contribution is -2.53. The molecule has 7 N–H and O–H groups in total. The number of amides is 2. The van der Waals surface area contributed by atoms with Crippen LogP contribution in [0.5, 0.6) is 5.75 Å². The van der Waals surface area contributed by atoms with E-state index < -0.39 is 42.8 Å². The van der Waals surface area contributed by atoms with Gasteiger partial charge < -0.3 is 45.7 Å². The highest BCUT2D eigenvalue weighted by molar-refractivity contribution is 5.72. The smallest absolute Gasteiger partial charge is 0.404 e. The van der Waals surface area contributed by atoms with E-state index in [9.17, 15) is 24.6 Å². The second-order valence-corrected chi connectivity index (χ2v) is 6.37. The van der Waals surface area contributed by atoms with E-state index in [0.717, 1.165) is 0 Å². The Hall–Kier alpha value is -3.09. The van der Waals surface area contributed by atoms with Gasteiger partial charge in [-0.05, 0) is 19.1 Å². The fraction of sp³-hybridized carbons (Fsp3) is 0.471. The highest BCUT2D eigenvalue weighted by Crippen LogP contribution is 2.32. The van der Waals surface area contributed by atoms with Gasteiger partial charge in [-0.25, -0.2) is 14.4 Å². The van der Waals surface area contributed by atoms with Gasteiger partial charge in [-0.1, -0.05) is 5.56 Å². The summed E-state index contributed by atoms with van der Waals surface area (Å²) in [5.41, 5.74) is 11.2. The van der Waals surface area contributed by atoms with Crippen LogP contribution in [0.15, 0.2) is 12.1 Å². The lowest BCUT2D eigenvalue weighted by Gasteiger charge is -2.36. The number of ether oxygens (including phenoxy) is 4. The largest absolute Gasteiger partial charge is 0.479 e. The van der Waals surface area contributed by atoms with Gasteiger partial charge in [-0.15, -0.1) is 0 Å². The van der Waals surface area contributed by atoms with E-state index in [1.54, 1.807) is 19.1 Å². The number of carboxylic acid groups (broad SMARTS) is 1. The standard InChI is InChI=1S/C17H22N2O10/c1-7-2-8(5-26-16(18)24)13(9(3-7)6-27-17(19)25)29-15-12(21)10(20)4-11(28-15)14(22)23/h2-3,10-12,15,20-21H,4-6H2,1H3,(H2,18,24)(H2,19,25)(H,22,23)/t10-,11-,12+,15-/m0/s1. The predicted octanol–water partition coefficient (Wildman–Crippen LogP) is -0.514. The quantitative estimate of drug-likeness (QED) is 0.386. The van der Waals surface area contributed by atoms with Crippen molar-refractivity contribution in [3.63, 3.8) is 0 Å². The highest BCUT2D eigenvalue weighted by atomic mass is 16.7. The Balaban J connectivity index is 2.39. The molecule has 2 amide bonds. The van der Waals surface area contributed by atoms with Crippen molar-refractivity contribution in [3.8, 4) is 5.75 Å². The fourth-order valence-corrected chi connectivity index (χ4v) is 2.80. The molecule has 29 heavy (non-hydrogen) atoms. The maximum Gasteiger partial charge on any atom is 0.404 e. The number of hydrogen-bond donors (Lipinski definition) is 5. The number of carbonyl (C=O) groups excluding carboxylic acids is 2. The van der Waals surface area contributed by atoms with Gasteiger partial charge in [0, 0.05) is 17.5 Å². The minimum Gasteiger partial charge on any atom is -0.479 e. The Labute approximate surface area is 164 Å². The van der Waals surface area contributed by atoms with Gasteiger partial charge in [0.15, 0.2) is 6.10 Å². The zero-order chi connectivity index (χ0) is 21.7. The average molecular weight is 414 g/mol. The molecule has 0 unspecified atom stereocenters. The zero-order valence-electron chi connectivity index (χ0n) is 15.4. The first-order chi connectivity index (χ1) is 13.6. The third kappa shape index (κ3) is 5.94. The molecule has 1 aromatic rings. The number of carbonyl (C=O) groups is 3. The second kappa shape index (κ2) is 9.41. The number of primary amides is 2. The van der Waals surface area contributed by atoms with E-state index in [-0.39, 0.29) is 36.5 Å². The summed E-state index contributed by atoms with van der Waals surface area (Å²) in [6, 6.07) is 3.15. The van der Waals surface area contributed by atoms with Gasteiger partial charge in [0.25, 0.3) is 0 Å². The van der Waals surface area contributed by atoms with Gasteiger partial charge in [0.2, 0.25) is 6.29 Å². The van der Waals surface area contributed by atoms with Crippen molar-refractivity contribution >= 4 is 18.2 Å². The second-order valence-electron chi connectivity index (χ2n) is 6.37. The number of benzene rings is 1. The monoisotopic (exact) mass is 414 g/mol. The molecule has 1 heterocycles. The molecule has 160 valence electrons. The summed E-state index contributed by atoms with van der Waals surface area (Å²) < 4.78 is 20.4. The van der Waals surface area contributed by atoms with Crippen LogP contribution in [0.1, 0.15) is 23.1 Å². The van der Waals surface area contributed by atoms with Gasteiger partial charge in [-0.2, -0.15) is 0 Å². The molecule has 0 spiro atoms. The summed E-state index contributed by atoms with van der Waals surface area (Å²) in [6.07, 6.45) is -8.41. The van der Waals surface area contributed by atoms with E-state index in [4.69, 9.17) is 35.5 Å². The summed E-state index contributed by atoms with van der Waals surface area (Å²) in [7, 11) is 0. The SMILES string of the molecule is Cc1cc(COC(N)=O)c(O[C@@H]2O[C@H](C(=O)O)C[C@H](O)[C@H]2O)c(COC(N)=O)c1. The summed E-state index contributed by atoms with van der Waals surface area (Å²) in [5, 5.41) is 29.2. The topological polar surface area (TPSA) is 201 Å². The Morgan fingerprint density at radius 3 is 2.07 bits per heavy atom. The average Bonchev–Trinajstić information content (AvgIpc) is 2.63. The van der Waals surface area contributed by atoms with E-state index in [2.05, 4.69) is 0 Å². The first-order valence-electron chi connectivity index (χ1n) is 8.46. The summed E-state index contributed by atoms with van der Waals surface area (Å²) >= 11 is 0. The Bertz CT molecular complexity index is 744. The number of carboxylic acids is 1. The van der Waals surface area contributed by atoms with Crippen LogP contribution in [0.3, 0.4) is 0 Å². The molecular weight excluding hydrogens is 392 g/mol. The molecule has 1 aliphatic rings. The third-order valence-electron chi connectivity index (χ3n) is 4.06. The molecule has 4 atom stereocenters. The molecule has 1 aliphatic heterocycles. The van der Waals surface area contributed by atoms with E-state index in [1.165, 1.54) is 0 Å². The molecule has 12 nitrogen and oxygen atoms in total. The van der Waals surface area contributed by atoms with Crippen LogP contribution < -0.4 is 16.2 Å². The molecule has 0 aromatic heterocycles. The van der Waals surface area contributed by atoms with E-state index in [1.807, 2.05) is 0 Å². The summed E-state index contributed by atoms with van der Waals surface area (Å²) in [5.74, 6) is -1.36. The Morgan fingerprint density at radius 1 is 1.10 bits per heavy atom. The number of rotatable bonds is 7. The predicted molar refractivity (Wildman–Crippen MR) is 93.5 cm³/mol. The molecule has 12 heteroatoms. The van der Waals surface area contributed by atoms with Gasteiger partial charge in [-0.3, -0.25) is 0 Å². The number of aliphatic hydroxyl groups excluding tert-OH is 2. The molecule has 0 bridgehead atoms. The van der Waals surface area contributed by atoms with Gasteiger partial charge in [0.1, 0.15) is 25.1 Å². The molecule has 2 rings (SSSR count). The maximum atomic E-state index is 11.2.